The summed E-state index contributed by atoms with van der Waals surface area (Å²) in [6.45, 7) is 1.73. The van der Waals surface area contributed by atoms with Gasteiger partial charge in [0.2, 0.25) is 5.91 Å². The number of nitrogens with one attached hydrogen (secondary N) is 1. The van der Waals surface area contributed by atoms with Gasteiger partial charge in [-0.2, -0.15) is 0 Å². The van der Waals surface area contributed by atoms with E-state index in [1.54, 1.807) is 6.08 Å². The number of amides is 1. The van der Waals surface area contributed by atoms with Crippen molar-refractivity contribution in [2.75, 3.05) is 26.4 Å². The van der Waals surface area contributed by atoms with Gasteiger partial charge in [0, 0.05) is 6.42 Å². The largest absolute Gasteiger partial charge is 0.394 e. The molecule has 3 fully saturated rings. The van der Waals surface area contributed by atoms with Crippen molar-refractivity contribution in [1.82, 2.24) is 5.32 Å². The molecule has 0 aromatic carbocycles. The number of carbonyl (C=O) groups is 1. The molecule has 0 saturated carbocycles. The molecule has 3 rings (SSSR count). The Hall–Kier alpha value is -1.73. The van der Waals surface area contributed by atoms with E-state index < -0.39 is 124 Å². The third-order valence-electron chi connectivity index (χ3n) is 18.5. The minimum Gasteiger partial charge on any atom is -0.394 e. The predicted molar refractivity (Wildman–Crippen MR) is 351 cm³/mol. The lowest BCUT2D eigenvalue weighted by Crippen LogP contribution is -2.66. The predicted octanol–water partition coefficient (Wildman–Crippen LogP) is 10.2. The first-order chi connectivity index (χ1) is 43.8. The fraction of sp³-hybridized carbons (Fsp3) is 0.930. The molecule has 19 heteroatoms. The van der Waals surface area contributed by atoms with Crippen LogP contribution in [-0.2, 0) is 33.2 Å². The van der Waals surface area contributed by atoms with Crippen molar-refractivity contribution in [2.45, 2.75) is 394 Å². The molecule has 0 bridgehead atoms. The fourth-order valence-electron chi connectivity index (χ4n) is 12.6. The standard InChI is InChI=1S/C71H133NO18/c1-3-5-7-9-11-13-15-17-18-19-20-21-22-23-24-25-26-27-28-29-30-31-32-33-34-35-37-39-41-43-45-47-49-59(77)72-54(55(76)48-46-44-42-40-38-36-16-14-12-10-8-6-4-2)53-85-69-65(83)62(80)67(57(51-74)87-69)90-71-66(84)63(81)68(58(52-75)88-71)89-70-64(82)61(79)60(78)56(50-73)86-70/h38,40,46,48,54-58,60-71,73-76,78-84H,3-37,39,41-45,47,49-53H2,1-2H3,(H,72,77)/b40-38+,48-46+. The third kappa shape index (κ3) is 34.8. The van der Waals surface area contributed by atoms with Crippen molar-refractivity contribution < 1.29 is 89.4 Å². The van der Waals surface area contributed by atoms with E-state index >= 15 is 0 Å². The van der Waals surface area contributed by atoms with Crippen LogP contribution in [-0.4, -0.2) is 193 Å². The van der Waals surface area contributed by atoms with E-state index in [4.69, 9.17) is 28.4 Å². The van der Waals surface area contributed by atoms with Crippen LogP contribution in [0.4, 0.5) is 0 Å². The van der Waals surface area contributed by atoms with Crippen LogP contribution in [0.1, 0.15) is 290 Å². The molecule has 3 aliphatic heterocycles. The number of allylic oxidation sites excluding steroid dienone is 3. The SMILES string of the molecule is CCCCCCCCC/C=C/CC/C=C/C(O)C(COC1OC(CO)C(OC2OC(CO)C(OC3OC(CO)C(O)C(O)C3O)C(O)C2O)C(O)C1O)NC(=O)CCCCCCCCCCCCCCCCCCCCCCCCCCCCCCCCCC. The lowest BCUT2D eigenvalue weighted by Gasteiger charge is -2.48. The van der Waals surface area contributed by atoms with E-state index in [9.17, 15) is 61.0 Å². The summed E-state index contributed by atoms with van der Waals surface area (Å²) < 4.78 is 34.3. The molecule has 0 aromatic rings. The summed E-state index contributed by atoms with van der Waals surface area (Å²) in [6, 6.07) is -0.986. The minimum atomic E-state index is -1.98. The van der Waals surface area contributed by atoms with Gasteiger partial charge < -0.3 is 89.9 Å². The smallest absolute Gasteiger partial charge is 0.220 e. The van der Waals surface area contributed by atoms with Crippen LogP contribution in [0.3, 0.4) is 0 Å². The summed E-state index contributed by atoms with van der Waals surface area (Å²) in [5, 5.41) is 120. The summed E-state index contributed by atoms with van der Waals surface area (Å²) in [6.07, 6.45) is 34.8. The van der Waals surface area contributed by atoms with E-state index in [0.29, 0.717) is 12.8 Å². The number of unbranched alkanes of at least 4 members (excludes halogenated alkanes) is 39. The minimum absolute atomic E-state index is 0.241. The average molecular weight is 1290 g/mol. The summed E-state index contributed by atoms with van der Waals surface area (Å²) in [5.41, 5.74) is 0. The zero-order chi connectivity index (χ0) is 65.4. The molecule has 12 N–H and O–H groups in total. The Morgan fingerprint density at radius 2 is 0.711 bits per heavy atom. The van der Waals surface area contributed by atoms with Gasteiger partial charge in [0.15, 0.2) is 18.9 Å². The maximum Gasteiger partial charge on any atom is 0.220 e. The van der Waals surface area contributed by atoms with Gasteiger partial charge in [0.05, 0.1) is 38.6 Å². The first kappa shape index (κ1) is 82.5. The maximum atomic E-state index is 13.4. The number of aliphatic hydroxyl groups excluding tert-OH is 11. The van der Waals surface area contributed by atoms with Gasteiger partial charge in [-0.25, -0.2) is 0 Å². The number of aliphatic hydroxyl groups is 11. The number of hydrogen-bond donors (Lipinski definition) is 12. The zero-order valence-electron chi connectivity index (χ0n) is 56.1. The molecule has 0 radical (unpaired) electrons. The maximum absolute atomic E-state index is 13.4. The zero-order valence-corrected chi connectivity index (χ0v) is 56.1. The Kier molecular flexibility index (Phi) is 49.0. The number of ether oxygens (including phenoxy) is 6. The van der Waals surface area contributed by atoms with E-state index in [0.717, 1.165) is 38.5 Å². The quantitative estimate of drug-likeness (QED) is 0.0199. The second-order valence-electron chi connectivity index (χ2n) is 26.4. The summed E-state index contributed by atoms with van der Waals surface area (Å²) in [7, 11) is 0. The molecule has 530 valence electrons. The Morgan fingerprint density at radius 3 is 1.11 bits per heavy atom. The van der Waals surface area contributed by atoms with Crippen molar-refractivity contribution in [3.8, 4) is 0 Å². The Labute approximate surface area is 543 Å². The van der Waals surface area contributed by atoms with E-state index in [-0.39, 0.29) is 18.9 Å². The summed E-state index contributed by atoms with van der Waals surface area (Å²) in [5.74, 6) is -0.281. The van der Waals surface area contributed by atoms with Crippen LogP contribution in [0.5, 0.6) is 0 Å². The summed E-state index contributed by atoms with van der Waals surface area (Å²) in [4.78, 5) is 13.4. The van der Waals surface area contributed by atoms with Crippen LogP contribution in [0.2, 0.25) is 0 Å². The van der Waals surface area contributed by atoms with Gasteiger partial charge in [-0.3, -0.25) is 4.79 Å². The topological polar surface area (TPSA) is 307 Å². The lowest BCUT2D eigenvalue weighted by molar-refractivity contribution is -0.379. The highest BCUT2D eigenvalue weighted by atomic mass is 16.8. The number of hydrogen-bond acceptors (Lipinski definition) is 18. The molecule has 0 aromatic heterocycles. The Bertz CT molecular complexity index is 1730. The van der Waals surface area contributed by atoms with Crippen LogP contribution < -0.4 is 5.32 Å². The Morgan fingerprint density at radius 1 is 0.389 bits per heavy atom. The second kappa shape index (κ2) is 53.4. The van der Waals surface area contributed by atoms with Gasteiger partial charge in [-0.05, 0) is 32.1 Å². The normalized spacial score (nSPS) is 28.1. The van der Waals surface area contributed by atoms with E-state index in [1.807, 2.05) is 6.08 Å². The Balaban J connectivity index is 1.35. The molecule has 3 heterocycles. The van der Waals surface area contributed by atoms with E-state index in [1.165, 1.54) is 218 Å². The van der Waals surface area contributed by atoms with Crippen molar-refractivity contribution >= 4 is 5.91 Å². The van der Waals surface area contributed by atoms with Crippen LogP contribution in [0.15, 0.2) is 24.3 Å². The highest BCUT2D eigenvalue weighted by molar-refractivity contribution is 5.76. The average Bonchev–Trinajstić information content (AvgIpc) is 1.23. The molecule has 17 unspecified atom stereocenters. The highest BCUT2D eigenvalue weighted by Crippen LogP contribution is 2.33. The van der Waals surface area contributed by atoms with Crippen molar-refractivity contribution in [3.05, 3.63) is 24.3 Å². The van der Waals surface area contributed by atoms with Gasteiger partial charge in [-0.1, -0.05) is 276 Å². The highest BCUT2D eigenvalue weighted by Gasteiger charge is 2.53. The molecule has 3 saturated heterocycles. The number of rotatable bonds is 57. The lowest BCUT2D eigenvalue weighted by atomic mass is 9.96. The molecule has 90 heavy (non-hydrogen) atoms. The van der Waals surface area contributed by atoms with Crippen LogP contribution in [0.25, 0.3) is 0 Å². The third-order valence-corrected chi connectivity index (χ3v) is 18.5. The van der Waals surface area contributed by atoms with Crippen molar-refractivity contribution in [2.24, 2.45) is 0 Å². The van der Waals surface area contributed by atoms with Crippen LogP contribution in [0, 0.1) is 0 Å². The fourth-order valence-corrected chi connectivity index (χ4v) is 12.6. The summed E-state index contributed by atoms with van der Waals surface area (Å²) >= 11 is 0. The first-order valence-corrected chi connectivity index (χ1v) is 36.6. The molecule has 1 amide bonds. The molecule has 17 atom stereocenters. The van der Waals surface area contributed by atoms with Crippen molar-refractivity contribution in [1.29, 1.82) is 0 Å². The van der Waals surface area contributed by atoms with Gasteiger partial charge in [-0.15, -0.1) is 0 Å². The second-order valence-corrected chi connectivity index (χ2v) is 26.4. The monoisotopic (exact) mass is 1290 g/mol. The molecule has 19 nitrogen and oxygen atoms in total. The van der Waals surface area contributed by atoms with Gasteiger partial charge >= 0.3 is 0 Å². The molecular formula is C71H133NO18. The van der Waals surface area contributed by atoms with Crippen LogP contribution >= 0.6 is 0 Å². The number of carbonyl (C=O) groups excluding carboxylic acids is 1. The molecule has 3 aliphatic rings. The van der Waals surface area contributed by atoms with E-state index in [2.05, 4.69) is 31.3 Å². The first-order valence-electron chi connectivity index (χ1n) is 36.6. The molecule has 0 aliphatic carbocycles. The van der Waals surface area contributed by atoms with Crippen molar-refractivity contribution in [3.63, 3.8) is 0 Å². The van der Waals surface area contributed by atoms with Gasteiger partial charge in [0.1, 0.15) is 73.2 Å². The molecular weight excluding hydrogens is 1150 g/mol. The van der Waals surface area contributed by atoms with Gasteiger partial charge in [0.25, 0.3) is 0 Å². The molecule has 0 spiro atoms.